The van der Waals surface area contributed by atoms with Gasteiger partial charge in [-0.15, -0.1) is 12.4 Å². The molecule has 1 saturated heterocycles. The standard InChI is InChI=1S/C17H32N2O8S.ClH/c1-12(14-10-18-7-8-25-14)27-16(22)15(21)17(3,4)11-26-28(23,24)9-5-6-19-13(2)20;/h12,14-15,18,21H,5-11H2,1-4H3,(H,19,20);1H/t12?,14?,15-;/m0./s1. The van der Waals surface area contributed by atoms with Crippen LogP contribution in [0.15, 0.2) is 0 Å². The molecule has 1 rings (SSSR count). The molecule has 3 atom stereocenters. The van der Waals surface area contributed by atoms with Crippen molar-refractivity contribution in [1.29, 1.82) is 0 Å². The molecule has 0 aromatic rings. The van der Waals surface area contributed by atoms with Crippen LogP contribution in [0.2, 0.25) is 0 Å². The molecule has 1 aliphatic heterocycles. The number of morpholine rings is 1. The van der Waals surface area contributed by atoms with Crippen LogP contribution in [-0.2, 0) is 33.4 Å². The Morgan fingerprint density at radius 1 is 1.38 bits per heavy atom. The predicted molar refractivity (Wildman–Crippen MR) is 108 cm³/mol. The van der Waals surface area contributed by atoms with Gasteiger partial charge in [-0.1, -0.05) is 13.8 Å². The van der Waals surface area contributed by atoms with Crippen molar-refractivity contribution in [2.24, 2.45) is 5.41 Å². The first-order chi connectivity index (χ1) is 12.9. The van der Waals surface area contributed by atoms with Crippen molar-refractivity contribution in [2.45, 2.75) is 52.4 Å². The van der Waals surface area contributed by atoms with Crippen LogP contribution in [0.1, 0.15) is 34.1 Å². The highest BCUT2D eigenvalue weighted by Gasteiger charge is 2.38. The molecule has 29 heavy (non-hydrogen) atoms. The number of hydrogen-bond donors (Lipinski definition) is 3. The lowest BCUT2D eigenvalue weighted by atomic mass is 9.87. The highest BCUT2D eigenvalue weighted by Crippen LogP contribution is 2.24. The maximum absolute atomic E-state index is 12.2. The Hall–Kier alpha value is -0.980. The van der Waals surface area contributed by atoms with E-state index in [9.17, 15) is 23.1 Å². The SMILES string of the molecule is CC(=O)NCCCS(=O)(=O)OCC(C)(C)[C@@H](O)C(=O)OC(C)C1CNCCO1.Cl. The van der Waals surface area contributed by atoms with E-state index in [1.165, 1.54) is 20.8 Å². The van der Waals surface area contributed by atoms with Gasteiger partial charge in [-0.05, 0) is 13.3 Å². The third-order valence-corrected chi connectivity index (χ3v) is 5.57. The summed E-state index contributed by atoms with van der Waals surface area (Å²) in [5.74, 6) is -1.39. The van der Waals surface area contributed by atoms with E-state index in [4.69, 9.17) is 13.7 Å². The summed E-state index contributed by atoms with van der Waals surface area (Å²) in [6.07, 6.45) is -2.25. The molecule has 2 unspecified atom stereocenters. The molecule has 0 aliphatic carbocycles. The normalized spacial score (nSPS) is 19.6. The van der Waals surface area contributed by atoms with Crippen molar-refractivity contribution >= 4 is 34.4 Å². The Labute approximate surface area is 178 Å². The average molecular weight is 461 g/mol. The zero-order chi connectivity index (χ0) is 21.4. The van der Waals surface area contributed by atoms with Crippen molar-refractivity contribution in [3.8, 4) is 0 Å². The molecule has 0 aromatic heterocycles. The monoisotopic (exact) mass is 460 g/mol. The van der Waals surface area contributed by atoms with Gasteiger partial charge in [0.1, 0.15) is 12.2 Å². The minimum Gasteiger partial charge on any atom is -0.458 e. The summed E-state index contributed by atoms with van der Waals surface area (Å²) in [6, 6.07) is 0. The second kappa shape index (κ2) is 12.7. The molecule has 0 aromatic carbocycles. The van der Waals surface area contributed by atoms with Gasteiger partial charge in [0.2, 0.25) is 5.91 Å². The van der Waals surface area contributed by atoms with Crippen molar-refractivity contribution in [3.63, 3.8) is 0 Å². The number of aliphatic hydroxyl groups is 1. The number of carbonyl (C=O) groups excluding carboxylic acids is 2. The molecule has 1 fully saturated rings. The van der Waals surface area contributed by atoms with Crippen molar-refractivity contribution < 1.29 is 36.8 Å². The van der Waals surface area contributed by atoms with Gasteiger partial charge in [-0.2, -0.15) is 8.42 Å². The highest BCUT2D eigenvalue weighted by atomic mass is 35.5. The Morgan fingerprint density at radius 2 is 2.03 bits per heavy atom. The van der Waals surface area contributed by atoms with E-state index in [-0.39, 0.29) is 49.7 Å². The maximum atomic E-state index is 12.2. The van der Waals surface area contributed by atoms with Crippen molar-refractivity contribution in [3.05, 3.63) is 0 Å². The third-order valence-electron chi connectivity index (χ3n) is 4.30. The Balaban J connectivity index is 0.00000784. The number of esters is 1. The number of rotatable bonds is 11. The van der Waals surface area contributed by atoms with Crippen LogP contribution in [-0.4, -0.2) is 82.3 Å². The summed E-state index contributed by atoms with van der Waals surface area (Å²) >= 11 is 0. The quantitative estimate of drug-likeness (QED) is 0.213. The molecular weight excluding hydrogens is 428 g/mol. The van der Waals surface area contributed by atoms with E-state index in [1.807, 2.05) is 0 Å². The minimum absolute atomic E-state index is 0. The molecule has 0 bridgehead atoms. The van der Waals surface area contributed by atoms with E-state index < -0.39 is 33.7 Å². The van der Waals surface area contributed by atoms with Gasteiger partial charge in [0.15, 0.2) is 6.10 Å². The number of aliphatic hydroxyl groups excluding tert-OH is 1. The second-order valence-electron chi connectivity index (χ2n) is 7.51. The van der Waals surface area contributed by atoms with Crippen LogP contribution < -0.4 is 10.6 Å². The Kier molecular flexibility index (Phi) is 12.2. The lowest BCUT2D eigenvalue weighted by molar-refractivity contribution is -0.174. The first-order valence-electron chi connectivity index (χ1n) is 9.27. The van der Waals surface area contributed by atoms with Gasteiger partial charge in [-0.3, -0.25) is 8.98 Å². The number of hydrogen-bond acceptors (Lipinski definition) is 9. The van der Waals surface area contributed by atoms with Gasteiger partial charge in [0, 0.05) is 32.0 Å². The lowest BCUT2D eigenvalue weighted by Gasteiger charge is -2.32. The second-order valence-corrected chi connectivity index (χ2v) is 9.27. The van der Waals surface area contributed by atoms with Crippen LogP contribution in [0.25, 0.3) is 0 Å². The fourth-order valence-corrected chi connectivity index (χ4v) is 3.52. The largest absolute Gasteiger partial charge is 0.458 e. The molecular formula is C17H33ClN2O8S. The Morgan fingerprint density at radius 3 is 2.59 bits per heavy atom. The molecule has 0 radical (unpaired) electrons. The molecule has 3 N–H and O–H groups in total. The van der Waals surface area contributed by atoms with Gasteiger partial charge >= 0.3 is 5.97 Å². The molecule has 10 nitrogen and oxygen atoms in total. The zero-order valence-corrected chi connectivity index (χ0v) is 18.9. The molecule has 1 amide bonds. The van der Waals surface area contributed by atoms with Crippen LogP contribution >= 0.6 is 12.4 Å². The molecule has 0 saturated carbocycles. The Bertz CT molecular complexity index is 623. The van der Waals surface area contributed by atoms with Crippen LogP contribution in [0.5, 0.6) is 0 Å². The van der Waals surface area contributed by atoms with Gasteiger partial charge in [0.25, 0.3) is 10.1 Å². The lowest BCUT2D eigenvalue weighted by Crippen LogP contribution is -2.48. The number of nitrogens with one attached hydrogen (secondary N) is 2. The highest BCUT2D eigenvalue weighted by molar-refractivity contribution is 7.86. The van der Waals surface area contributed by atoms with Crippen LogP contribution in [0.4, 0.5) is 0 Å². The molecule has 0 spiro atoms. The van der Waals surface area contributed by atoms with E-state index in [0.717, 1.165) is 6.54 Å². The van der Waals surface area contributed by atoms with Gasteiger partial charge < -0.3 is 25.2 Å². The smallest absolute Gasteiger partial charge is 0.335 e. The van der Waals surface area contributed by atoms with Crippen LogP contribution in [0.3, 0.4) is 0 Å². The zero-order valence-electron chi connectivity index (χ0n) is 17.3. The minimum atomic E-state index is -3.85. The summed E-state index contributed by atoms with van der Waals surface area (Å²) in [7, 11) is -3.85. The average Bonchev–Trinajstić information content (AvgIpc) is 2.63. The van der Waals surface area contributed by atoms with Gasteiger partial charge in [-0.25, -0.2) is 4.79 Å². The molecule has 12 heteroatoms. The predicted octanol–water partition coefficient (Wildman–Crippen LogP) is -0.412. The summed E-state index contributed by atoms with van der Waals surface area (Å²) < 4.78 is 39.6. The summed E-state index contributed by atoms with van der Waals surface area (Å²) in [5, 5.41) is 15.9. The molecule has 172 valence electrons. The fourth-order valence-electron chi connectivity index (χ4n) is 2.42. The van der Waals surface area contributed by atoms with E-state index in [2.05, 4.69) is 10.6 Å². The topological polar surface area (TPSA) is 140 Å². The first kappa shape index (κ1) is 28.0. The van der Waals surface area contributed by atoms with Crippen molar-refractivity contribution in [2.75, 3.05) is 38.6 Å². The van der Waals surface area contributed by atoms with E-state index in [0.29, 0.717) is 13.2 Å². The summed E-state index contributed by atoms with van der Waals surface area (Å²) in [4.78, 5) is 23.0. The van der Waals surface area contributed by atoms with E-state index in [1.54, 1.807) is 6.92 Å². The number of ether oxygens (including phenoxy) is 2. The van der Waals surface area contributed by atoms with Crippen molar-refractivity contribution in [1.82, 2.24) is 10.6 Å². The summed E-state index contributed by atoms with van der Waals surface area (Å²) in [5.41, 5.74) is -1.19. The van der Waals surface area contributed by atoms with Gasteiger partial charge in [0.05, 0.1) is 19.0 Å². The maximum Gasteiger partial charge on any atom is 0.335 e. The van der Waals surface area contributed by atoms with Crippen LogP contribution in [0, 0.1) is 5.41 Å². The number of amides is 1. The fraction of sp³-hybridized carbons (Fsp3) is 0.882. The number of carbonyl (C=O) groups is 2. The first-order valence-corrected chi connectivity index (χ1v) is 10.8. The molecule has 1 heterocycles. The number of halogens is 1. The molecule has 1 aliphatic rings. The van der Waals surface area contributed by atoms with E-state index >= 15 is 0 Å². The summed E-state index contributed by atoms with van der Waals surface area (Å²) in [6.45, 7) is 7.63. The third kappa shape index (κ3) is 10.6.